The van der Waals surface area contributed by atoms with Gasteiger partial charge < -0.3 is 21.3 Å². The zero-order valence-electron chi connectivity index (χ0n) is 10.5. The molecule has 1 amide bonds. The molecule has 0 radical (unpaired) electrons. The maximum atomic E-state index is 11.6. The number of aliphatic hydroxyl groups excluding tert-OH is 1. The lowest BCUT2D eigenvalue weighted by Gasteiger charge is -2.18. The largest absolute Gasteiger partial charge is 0.481 e. The lowest BCUT2D eigenvalue weighted by molar-refractivity contribution is -0.139. The van der Waals surface area contributed by atoms with Crippen LogP contribution in [0.15, 0.2) is 30.3 Å². The maximum absolute atomic E-state index is 11.6. The van der Waals surface area contributed by atoms with Gasteiger partial charge in [-0.2, -0.15) is 0 Å². The molecule has 0 heterocycles. The van der Waals surface area contributed by atoms with Crippen LogP contribution in [-0.4, -0.2) is 40.8 Å². The molecule has 1 aromatic rings. The Kier molecular flexibility index (Phi) is 5.98. The first-order valence-electron chi connectivity index (χ1n) is 5.95. The lowest BCUT2D eigenvalue weighted by Crippen LogP contribution is -2.48. The predicted octanol–water partition coefficient (Wildman–Crippen LogP) is -0.492. The van der Waals surface area contributed by atoms with E-state index < -0.39 is 30.4 Å². The average molecular weight is 266 g/mol. The molecule has 5 N–H and O–H groups in total. The van der Waals surface area contributed by atoms with Gasteiger partial charge in [-0.15, -0.1) is 0 Å². The first-order chi connectivity index (χ1) is 9.02. The van der Waals surface area contributed by atoms with Gasteiger partial charge in [0.1, 0.15) is 0 Å². The quantitative estimate of drug-likeness (QED) is 0.532. The molecule has 6 nitrogen and oxygen atoms in total. The van der Waals surface area contributed by atoms with E-state index in [2.05, 4.69) is 5.32 Å². The molecule has 0 aliphatic carbocycles. The van der Waals surface area contributed by atoms with Crippen molar-refractivity contribution in [1.82, 2.24) is 5.32 Å². The molecular formula is C13H18N2O4. The second kappa shape index (κ2) is 7.50. The number of benzene rings is 1. The third-order valence-corrected chi connectivity index (χ3v) is 2.62. The number of carboxylic acids is 1. The minimum atomic E-state index is -1.13. The Balaban J connectivity index is 2.52. The molecule has 2 atom stereocenters. The van der Waals surface area contributed by atoms with Crippen molar-refractivity contribution in [1.29, 1.82) is 0 Å². The van der Waals surface area contributed by atoms with Gasteiger partial charge in [-0.25, -0.2) is 0 Å². The Bertz CT molecular complexity index is 422. The molecule has 1 aromatic carbocycles. The molecule has 0 saturated heterocycles. The van der Waals surface area contributed by atoms with E-state index in [-0.39, 0.29) is 6.61 Å². The van der Waals surface area contributed by atoms with Gasteiger partial charge in [0.15, 0.2) is 0 Å². The highest BCUT2D eigenvalue weighted by Crippen LogP contribution is 2.03. The van der Waals surface area contributed by atoms with E-state index in [4.69, 9.17) is 10.8 Å². The number of carboxylic acid groups (broad SMARTS) is 1. The molecule has 1 rings (SSSR count). The number of nitrogens with two attached hydrogens (primary N) is 1. The summed E-state index contributed by atoms with van der Waals surface area (Å²) in [6.45, 7) is -0.236. The first-order valence-corrected chi connectivity index (χ1v) is 5.95. The first kappa shape index (κ1) is 15.1. The van der Waals surface area contributed by atoms with Gasteiger partial charge in [0.05, 0.1) is 25.1 Å². The monoisotopic (exact) mass is 266 g/mol. The van der Waals surface area contributed by atoms with E-state index in [1.54, 1.807) is 0 Å². The molecule has 0 aromatic heterocycles. The standard InChI is InChI=1S/C13H18N2O4/c14-11(7-12(17)18)13(19)15-10(8-16)6-9-4-2-1-3-5-9/h1-5,10-11,16H,6-8,14H2,(H,15,19)(H,17,18)/t10-,11?/m0/s1. The van der Waals surface area contributed by atoms with E-state index in [9.17, 15) is 14.7 Å². The van der Waals surface area contributed by atoms with Crippen LogP contribution in [-0.2, 0) is 16.0 Å². The van der Waals surface area contributed by atoms with Gasteiger partial charge in [-0.3, -0.25) is 9.59 Å². The Labute approximate surface area is 111 Å². The van der Waals surface area contributed by atoms with Crippen molar-refractivity contribution in [2.45, 2.75) is 24.9 Å². The number of hydrogen-bond donors (Lipinski definition) is 4. The summed E-state index contributed by atoms with van der Waals surface area (Å²) < 4.78 is 0. The Morgan fingerprint density at radius 2 is 1.89 bits per heavy atom. The van der Waals surface area contributed by atoms with E-state index in [1.807, 2.05) is 30.3 Å². The molecule has 0 spiro atoms. The Morgan fingerprint density at radius 3 is 2.42 bits per heavy atom. The van der Waals surface area contributed by atoms with Crippen LogP contribution in [0.2, 0.25) is 0 Å². The third kappa shape index (κ3) is 5.50. The fourth-order valence-corrected chi connectivity index (χ4v) is 1.65. The summed E-state index contributed by atoms with van der Waals surface area (Å²) in [7, 11) is 0. The molecule has 0 fully saturated rings. The van der Waals surface area contributed by atoms with Crippen molar-refractivity contribution in [3.63, 3.8) is 0 Å². The maximum Gasteiger partial charge on any atom is 0.305 e. The molecule has 0 bridgehead atoms. The predicted molar refractivity (Wildman–Crippen MR) is 69.4 cm³/mol. The van der Waals surface area contributed by atoms with Crippen LogP contribution in [0.5, 0.6) is 0 Å². The van der Waals surface area contributed by atoms with E-state index >= 15 is 0 Å². The van der Waals surface area contributed by atoms with Crippen LogP contribution >= 0.6 is 0 Å². The van der Waals surface area contributed by atoms with Crippen molar-refractivity contribution in [2.24, 2.45) is 5.73 Å². The number of amides is 1. The molecule has 0 aliphatic heterocycles. The van der Waals surface area contributed by atoms with Crippen LogP contribution in [0.4, 0.5) is 0 Å². The van der Waals surface area contributed by atoms with Crippen LogP contribution in [0.25, 0.3) is 0 Å². The number of carbonyl (C=O) groups is 2. The van der Waals surface area contributed by atoms with Gasteiger partial charge in [0, 0.05) is 0 Å². The Hall–Kier alpha value is -1.92. The lowest BCUT2D eigenvalue weighted by atomic mass is 10.1. The fourth-order valence-electron chi connectivity index (χ4n) is 1.65. The molecule has 104 valence electrons. The highest BCUT2D eigenvalue weighted by molar-refractivity contribution is 5.86. The minimum Gasteiger partial charge on any atom is -0.481 e. The van der Waals surface area contributed by atoms with Gasteiger partial charge in [0.25, 0.3) is 0 Å². The molecular weight excluding hydrogens is 248 g/mol. The van der Waals surface area contributed by atoms with Gasteiger partial charge in [-0.05, 0) is 12.0 Å². The number of aliphatic hydroxyl groups is 1. The Morgan fingerprint density at radius 1 is 1.26 bits per heavy atom. The van der Waals surface area contributed by atoms with E-state index in [0.29, 0.717) is 6.42 Å². The minimum absolute atomic E-state index is 0.236. The van der Waals surface area contributed by atoms with Crippen molar-refractivity contribution in [3.05, 3.63) is 35.9 Å². The summed E-state index contributed by atoms with van der Waals surface area (Å²) in [5, 5.41) is 20.3. The van der Waals surface area contributed by atoms with Crippen LogP contribution in [0.3, 0.4) is 0 Å². The number of aliphatic carboxylic acids is 1. The van der Waals surface area contributed by atoms with Gasteiger partial charge >= 0.3 is 5.97 Å². The van der Waals surface area contributed by atoms with Crippen molar-refractivity contribution < 1.29 is 19.8 Å². The molecule has 19 heavy (non-hydrogen) atoms. The molecule has 1 unspecified atom stereocenters. The van der Waals surface area contributed by atoms with Crippen molar-refractivity contribution in [2.75, 3.05) is 6.61 Å². The fraction of sp³-hybridized carbons (Fsp3) is 0.385. The van der Waals surface area contributed by atoms with Crippen molar-refractivity contribution in [3.8, 4) is 0 Å². The second-order valence-corrected chi connectivity index (χ2v) is 4.28. The summed E-state index contributed by atoms with van der Waals surface area (Å²) in [5.74, 6) is -1.70. The second-order valence-electron chi connectivity index (χ2n) is 4.28. The number of rotatable bonds is 7. The topological polar surface area (TPSA) is 113 Å². The summed E-state index contributed by atoms with van der Waals surface area (Å²) in [4.78, 5) is 22.1. The summed E-state index contributed by atoms with van der Waals surface area (Å²) in [6, 6.07) is 7.78. The third-order valence-electron chi connectivity index (χ3n) is 2.62. The van der Waals surface area contributed by atoms with Crippen LogP contribution in [0.1, 0.15) is 12.0 Å². The van der Waals surface area contributed by atoms with Gasteiger partial charge in [0.2, 0.25) is 5.91 Å². The highest BCUT2D eigenvalue weighted by Gasteiger charge is 2.20. The summed E-state index contributed by atoms with van der Waals surface area (Å²) in [5.41, 5.74) is 6.41. The smallest absolute Gasteiger partial charge is 0.305 e. The number of carbonyl (C=O) groups excluding carboxylic acids is 1. The van der Waals surface area contributed by atoms with Crippen LogP contribution in [0, 0.1) is 0 Å². The number of nitrogens with one attached hydrogen (secondary N) is 1. The van der Waals surface area contributed by atoms with E-state index in [0.717, 1.165) is 5.56 Å². The normalized spacial score (nSPS) is 13.6. The zero-order valence-corrected chi connectivity index (χ0v) is 10.5. The number of hydrogen-bond acceptors (Lipinski definition) is 4. The molecule has 0 saturated carbocycles. The zero-order chi connectivity index (χ0) is 14.3. The van der Waals surface area contributed by atoms with Crippen LogP contribution < -0.4 is 11.1 Å². The van der Waals surface area contributed by atoms with E-state index in [1.165, 1.54) is 0 Å². The van der Waals surface area contributed by atoms with Gasteiger partial charge in [-0.1, -0.05) is 30.3 Å². The molecule has 0 aliphatic rings. The van der Waals surface area contributed by atoms with Crippen molar-refractivity contribution >= 4 is 11.9 Å². The highest BCUT2D eigenvalue weighted by atomic mass is 16.4. The molecule has 6 heteroatoms. The average Bonchev–Trinajstić information content (AvgIpc) is 2.38. The summed E-state index contributed by atoms with van der Waals surface area (Å²) >= 11 is 0. The summed E-state index contributed by atoms with van der Waals surface area (Å²) in [6.07, 6.45) is 0.0260. The SMILES string of the molecule is NC(CC(=O)O)C(=O)N[C@H](CO)Cc1ccccc1.